The van der Waals surface area contributed by atoms with Crippen LogP contribution in [0.4, 0.5) is 0 Å². The summed E-state index contributed by atoms with van der Waals surface area (Å²) >= 11 is 4.39. The average molecular weight is 221 g/mol. The fourth-order valence-electron chi connectivity index (χ4n) is 0. The Morgan fingerprint density at radius 2 is 1.71 bits per heavy atom. The van der Waals surface area contributed by atoms with E-state index in [1.807, 2.05) is 0 Å². The van der Waals surface area contributed by atoms with Crippen LogP contribution in [0.1, 0.15) is 0 Å². The molecular formula is H4ClNO3SSr. The minimum absolute atomic E-state index is 0. The quantitative estimate of drug-likeness (QED) is 0.326. The zero-order valence-corrected chi connectivity index (χ0v) is 4.12. The van der Waals surface area contributed by atoms with Crippen LogP contribution in [0.15, 0.2) is 0 Å². The maximum atomic E-state index is 9.31. The summed E-state index contributed by atoms with van der Waals surface area (Å²) in [5.74, 6) is 0. The summed E-state index contributed by atoms with van der Waals surface area (Å²) in [6, 6.07) is 0. The molecule has 4 nitrogen and oxygen atoms in total. The summed E-state index contributed by atoms with van der Waals surface area (Å²) in [4.78, 5) is 0. The molecule has 0 aromatic carbocycles. The summed E-state index contributed by atoms with van der Waals surface area (Å²) in [7, 11) is -4.15. The molecule has 7 heavy (non-hydrogen) atoms. The van der Waals surface area contributed by atoms with Crippen molar-refractivity contribution < 1.29 is 13.0 Å². The van der Waals surface area contributed by atoms with Gasteiger partial charge in [-0.15, -0.1) is 4.24 Å². The van der Waals surface area contributed by atoms with E-state index in [0.29, 0.717) is 0 Å². The number of halogens is 1. The standard InChI is InChI=1S/ClH2NO3S.Sr.2H/c1-2-6(3,4)5;;;/h2H,(H,3,4,5);;;. The molecule has 2 N–H and O–H groups in total. The van der Waals surface area contributed by atoms with Gasteiger partial charge in [-0.1, -0.05) is 0 Å². The van der Waals surface area contributed by atoms with Crippen molar-refractivity contribution in [2.45, 2.75) is 0 Å². The Kier molecular flexibility index (Phi) is 7.37. The molecular weight excluding hydrogens is 217 g/mol. The molecule has 0 spiro atoms. The molecule has 0 atom stereocenters. The molecule has 0 amide bonds. The van der Waals surface area contributed by atoms with E-state index < -0.39 is 10.3 Å². The van der Waals surface area contributed by atoms with Gasteiger partial charge in [-0.25, -0.2) is 0 Å². The van der Waals surface area contributed by atoms with Crippen molar-refractivity contribution in [3.63, 3.8) is 0 Å². The van der Waals surface area contributed by atoms with Crippen LogP contribution in [0, 0.1) is 0 Å². The third-order valence-corrected chi connectivity index (χ3v) is 0.877. The van der Waals surface area contributed by atoms with Gasteiger partial charge in [0.2, 0.25) is 0 Å². The fourth-order valence-corrected chi connectivity index (χ4v) is 0. The Labute approximate surface area is 83.5 Å². The molecule has 0 aliphatic heterocycles. The number of hydrogen-bond acceptors (Lipinski definition) is 2. The summed E-state index contributed by atoms with van der Waals surface area (Å²) in [6.07, 6.45) is 0. The Balaban J connectivity index is 0. The van der Waals surface area contributed by atoms with Gasteiger partial charge in [0.15, 0.2) is 0 Å². The molecule has 42 valence electrons. The molecule has 0 aromatic rings. The second-order valence-electron chi connectivity index (χ2n) is 0.552. The molecule has 0 fully saturated rings. The van der Waals surface area contributed by atoms with E-state index in [2.05, 4.69) is 11.8 Å². The predicted octanol–water partition coefficient (Wildman–Crippen LogP) is -1.38. The van der Waals surface area contributed by atoms with Crippen molar-refractivity contribution in [2.75, 3.05) is 0 Å². The molecule has 0 unspecified atom stereocenters. The van der Waals surface area contributed by atoms with Crippen molar-refractivity contribution >= 4 is 67.6 Å². The Morgan fingerprint density at radius 3 is 1.71 bits per heavy atom. The Hall–Kier alpha value is 1.64. The number of hydrogen-bond donors (Lipinski definition) is 2. The van der Waals surface area contributed by atoms with Gasteiger partial charge in [-0.3, -0.25) is 4.55 Å². The van der Waals surface area contributed by atoms with Crippen LogP contribution in [0.5, 0.6) is 0 Å². The van der Waals surface area contributed by atoms with E-state index in [9.17, 15) is 8.42 Å². The van der Waals surface area contributed by atoms with Crippen LogP contribution < -0.4 is 4.24 Å². The zero-order chi connectivity index (χ0) is 5.21. The SMILES string of the molecule is O=S(=O)(O)NCl.[SrH2]. The van der Waals surface area contributed by atoms with Gasteiger partial charge in [0, 0.05) is 0 Å². The second-order valence-corrected chi connectivity index (χ2v) is 2.12. The van der Waals surface area contributed by atoms with E-state index in [1.54, 1.807) is 0 Å². The normalized spacial score (nSPS) is 10.0. The molecule has 0 rings (SSSR count). The third kappa shape index (κ3) is 11.3. The van der Waals surface area contributed by atoms with E-state index >= 15 is 0 Å². The van der Waals surface area contributed by atoms with Crippen molar-refractivity contribution in [3.05, 3.63) is 0 Å². The van der Waals surface area contributed by atoms with Crippen LogP contribution in [-0.2, 0) is 10.3 Å². The van der Waals surface area contributed by atoms with Gasteiger partial charge in [0.05, 0.1) is 0 Å². The van der Waals surface area contributed by atoms with Gasteiger partial charge in [0.25, 0.3) is 0 Å². The predicted molar refractivity (Wildman–Crippen MR) is 29.1 cm³/mol. The van der Waals surface area contributed by atoms with E-state index in [-0.39, 0.29) is 45.5 Å². The van der Waals surface area contributed by atoms with E-state index in [0.717, 1.165) is 4.24 Å². The molecule has 0 saturated carbocycles. The molecule has 0 radical (unpaired) electrons. The van der Waals surface area contributed by atoms with Crippen molar-refractivity contribution in [1.82, 2.24) is 4.24 Å². The third-order valence-electron chi connectivity index (χ3n) is 0.0975. The Morgan fingerprint density at radius 1 is 1.57 bits per heavy atom. The van der Waals surface area contributed by atoms with Gasteiger partial charge < -0.3 is 0 Å². The van der Waals surface area contributed by atoms with Gasteiger partial charge >= 0.3 is 55.8 Å². The molecule has 0 aliphatic carbocycles. The van der Waals surface area contributed by atoms with Crippen molar-refractivity contribution in [1.29, 1.82) is 0 Å². The average Bonchev–Trinajstić information content (AvgIpc) is 1.35. The first-order valence-electron chi connectivity index (χ1n) is 0.909. The summed E-state index contributed by atoms with van der Waals surface area (Å²) in [5, 5.41) is 0. The van der Waals surface area contributed by atoms with Crippen LogP contribution in [0.25, 0.3) is 0 Å². The van der Waals surface area contributed by atoms with E-state index in [1.165, 1.54) is 0 Å². The topological polar surface area (TPSA) is 66.4 Å². The van der Waals surface area contributed by atoms with Crippen LogP contribution in [0.2, 0.25) is 0 Å². The first-order valence-corrected chi connectivity index (χ1v) is 2.73. The maximum absolute atomic E-state index is 9.31. The second kappa shape index (κ2) is 4.51. The number of nitrogens with one attached hydrogen (secondary N) is 1. The molecule has 0 aromatic heterocycles. The molecule has 7 heteroatoms. The van der Waals surface area contributed by atoms with Gasteiger partial charge in [-0.05, 0) is 11.8 Å². The minimum atomic E-state index is -4.15. The van der Waals surface area contributed by atoms with Crippen LogP contribution in [-0.4, -0.2) is 58.5 Å². The monoisotopic (exact) mass is 221 g/mol. The zero-order valence-electron chi connectivity index (χ0n) is 2.55. The molecule has 0 aliphatic rings. The summed E-state index contributed by atoms with van der Waals surface area (Å²) < 4.78 is 27.3. The summed E-state index contributed by atoms with van der Waals surface area (Å²) in [5.41, 5.74) is 0. The van der Waals surface area contributed by atoms with Crippen molar-refractivity contribution in [3.8, 4) is 0 Å². The number of rotatable bonds is 1. The fraction of sp³-hybridized carbons (Fsp3) is 0. The first kappa shape index (κ1) is 11.4. The summed E-state index contributed by atoms with van der Waals surface area (Å²) in [6.45, 7) is 0. The van der Waals surface area contributed by atoms with Gasteiger partial charge in [0.1, 0.15) is 0 Å². The van der Waals surface area contributed by atoms with Gasteiger partial charge in [-0.2, -0.15) is 8.42 Å². The molecule has 0 saturated heterocycles. The molecule has 0 bridgehead atoms. The Bertz CT molecular complexity index is 117. The van der Waals surface area contributed by atoms with Crippen LogP contribution in [0.3, 0.4) is 0 Å². The van der Waals surface area contributed by atoms with Crippen LogP contribution >= 0.6 is 11.8 Å². The molecule has 0 heterocycles. The van der Waals surface area contributed by atoms with Crippen molar-refractivity contribution in [2.24, 2.45) is 0 Å². The van der Waals surface area contributed by atoms with E-state index in [4.69, 9.17) is 4.55 Å². The first-order chi connectivity index (χ1) is 2.56.